The topological polar surface area (TPSA) is 68.2 Å². The Morgan fingerprint density at radius 2 is 1.96 bits per heavy atom. The van der Waals surface area contributed by atoms with E-state index in [1.165, 1.54) is 19.3 Å². The van der Waals surface area contributed by atoms with Crippen molar-refractivity contribution in [1.29, 1.82) is 0 Å². The van der Waals surface area contributed by atoms with Crippen molar-refractivity contribution in [2.45, 2.75) is 55.1 Å². The molecule has 0 aromatic heterocycles. The molecule has 1 amide bonds. The zero-order valence-electron chi connectivity index (χ0n) is 16.7. The van der Waals surface area contributed by atoms with E-state index in [2.05, 4.69) is 22.6 Å². The molecule has 2 unspecified atom stereocenters. The highest BCUT2D eigenvalue weighted by Crippen LogP contribution is 2.42. The number of aliphatic hydroxyl groups excluding tert-OH is 1. The number of rotatable bonds is 8. The summed E-state index contributed by atoms with van der Waals surface area (Å²) in [5, 5.41) is 11.2. The summed E-state index contributed by atoms with van der Waals surface area (Å²) in [6.07, 6.45) is 5.67. The number of amides is 1. The molecule has 1 aliphatic carbocycles. The van der Waals surface area contributed by atoms with Gasteiger partial charge in [0, 0.05) is 29.7 Å². The van der Waals surface area contributed by atoms with Crippen molar-refractivity contribution in [2.24, 2.45) is 5.92 Å². The summed E-state index contributed by atoms with van der Waals surface area (Å²) in [5.41, 5.74) is 1.60. The van der Waals surface area contributed by atoms with Gasteiger partial charge in [0.05, 0.1) is 19.1 Å². The van der Waals surface area contributed by atoms with Gasteiger partial charge in [-0.1, -0.05) is 47.9 Å². The van der Waals surface area contributed by atoms with Gasteiger partial charge < -0.3 is 24.2 Å². The number of hydrogen-bond acceptors (Lipinski definition) is 5. The predicted octanol–water partition coefficient (Wildman–Crippen LogP) is 3.83. The number of nitrogens with zero attached hydrogens (tertiary/aromatic N) is 1. The summed E-state index contributed by atoms with van der Waals surface area (Å²) in [6.45, 7) is 0.839. The van der Waals surface area contributed by atoms with Crippen molar-refractivity contribution in [1.82, 2.24) is 4.90 Å². The first-order valence-electron chi connectivity index (χ1n) is 9.98. The van der Waals surface area contributed by atoms with Crippen LogP contribution in [-0.4, -0.2) is 49.5 Å². The molecule has 0 spiro atoms. The Hall–Kier alpha value is -1.06. The predicted molar refractivity (Wildman–Crippen MR) is 115 cm³/mol. The highest BCUT2D eigenvalue weighted by molar-refractivity contribution is 14.1. The lowest BCUT2D eigenvalue weighted by Gasteiger charge is -2.31. The van der Waals surface area contributed by atoms with Crippen LogP contribution in [0.4, 0.5) is 0 Å². The van der Waals surface area contributed by atoms with Gasteiger partial charge in [-0.25, -0.2) is 0 Å². The second kappa shape index (κ2) is 10.1. The van der Waals surface area contributed by atoms with Gasteiger partial charge in [-0.3, -0.25) is 4.79 Å². The Balaban J connectivity index is 1.83. The van der Waals surface area contributed by atoms with Crippen LogP contribution in [0.1, 0.15) is 55.8 Å². The first-order chi connectivity index (χ1) is 13.6. The van der Waals surface area contributed by atoms with Crippen LogP contribution in [0.15, 0.2) is 12.1 Å². The van der Waals surface area contributed by atoms with Crippen LogP contribution in [0.5, 0.6) is 11.5 Å². The second-order valence-electron chi connectivity index (χ2n) is 7.51. The molecule has 1 N–H and O–H groups in total. The molecule has 3 rings (SSSR count). The highest BCUT2D eigenvalue weighted by atomic mass is 127. The average Bonchev–Trinajstić information content (AvgIpc) is 3.12. The average molecular weight is 503 g/mol. The summed E-state index contributed by atoms with van der Waals surface area (Å²) in [4.78, 5) is 15.1. The molecular weight excluding hydrogens is 473 g/mol. The number of benzene rings is 1. The maximum atomic E-state index is 13.1. The fourth-order valence-corrected chi connectivity index (χ4v) is 5.25. The highest BCUT2D eigenvalue weighted by Gasteiger charge is 2.41. The molecule has 2 fully saturated rings. The molecule has 1 aliphatic heterocycles. The minimum absolute atomic E-state index is 0.0917. The minimum Gasteiger partial charge on any atom is -0.493 e. The number of carbonyl (C=O) groups excluding carboxylic acids is 1. The smallest absolute Gasteiger partial charge is 0.228 e. The van der Waals surface area contributed by atoms with Crippen molar-refractivity contribution in [3.05, 3.63) is 23.3 Å². The number of ether oxygens (including phenoxy) is 3. The number of hydrogen-bond donors (Lipinski definition) is 1. The molecule has 0 radical (unpaired) electrons. The van der Waals surface area contributed by atoms with Crippen LogP contribution in [0.2, 0.25) is 0 Å². The van der Waals surface area contributed by atoms with Gasteiger partial charge in [-0.15, -0.1) is 0 Å². The number of halogens is 1. The van der Waals surface area contributed by atoms with Crippen LogP contribution >= 0.6 is 22.6 Å². The maximum absolute atomic E-state index is 13.1. The third-order valence-corrected chi connectivity index (χ3v) is 6.69. The van der Waals surface area contributed by atoms with E-state index in [4.69, 9.17) is 14.2 Å². The summed E-state index contributed by atoms with van der Waals surface area (Å²) in [7, 11) is 3.15. The molecule has 6 nitrogen and oxygen atoms in total. The molecule has 1 saturated carbocycles. The molecule has 7 heteroatoms. The first kappa shape index (κ1) is 21.6. The van der Waals surface area contributed by atoms with Crippen LogP contribution in [-0.2, 0) is 14.0 Å². The van der Waals surface area contributed by atoms with Gasteiger partial charge in [-0.05, 0) is 30.9 Å². The van der Waals surface area contributed by atoms with Gasteiger partial charge in [0.15, 0.2) is 18.3 Å². The van der Waals surface area contributed by atoms with Crippen LogP contribution in [0.3, 0.4) is 0 Å². The monoisotopic (exact) mass is 503 g/mol. The third kappa shape index (κ3) is 4.41. The van der Waals surface area contributed by atoms with Crippen LogP contribution in [0.25, 0.3) is 0 Å². The molecule has 1 heterocycles. The van der Waals surface area contributed by atoms with Gasteiger partial charge in [0.2, 0.25) is 5.91 Å². The van der Waals surface area contributed by atoms with E-state index in [0.717, 1.165) is 30.5 Å². The maximum Gasteiger partial charge on any atom is 0.228 e. The lowest BCUT2D eigenvalue weighted by molar-refractivity contribution is -0.136. The van der Waals surface area contributed by atoms with Gasteiger partial charge in [-0.2, -0.15) is 0 Å². The zero-order valence-corrected chi connectivity index (χ0v) is 18.8. The van der Waals surface area contributed by atoms with E-state index < -0.39 is 12.0 Å². The van der Waals surface area contributed by atoms with E-state index in [1.54, 1.807) is 20.3 Å². The Bertz CT molecular complexity index is 677. The Morgan fingerprint density at radius 3 is 2.61 bits per heavy atom. The van der Waals surface area contributed by atoms with E-state index in [9.17, 15) is 9.90 Å². The molecule has 28 heavy (non-hydrogen) atoms. The second-order valence-corrected chi connectivity index (χ2v) is 8.28. The van der Waals surface area contributed by atoms with E-state index in [1.807, 2.05) is 11.0 Å². The normalized spacial score (nSPS) is 21.8. The number of methoxy groups -OCH3 is 2. The van der Waals surface area contributed by atoms with Crippen LogP contribution in [0, 0.1) is 5.92 Å². The van der Waals surface area contributed by atoms with Crippen molar-refractivity contribution in [2.75, 3.05) is 27.6 Å². The Kier molecular flexibility index (Phi) is 7.82. The van der Waals surface area contributed by atoms with E-state index in [-0.39, 0.29) is 12.7 Å². The summed E-state index contributed by atoms with van der Waals surface area (Å²) >= 11 is 2.25. The van der Waals surface area contributed by atoms with Crippen molar-refractivity contribution >= 4 is 28.5 Å². The summed E-state index contributed by atoms with van der Waals surface area (Å²) < 4.78 is 16.8. The molecule has 156 valence electrons. The molecule has 2 aliphatic rings. The number of alkyl halides is 1. The standard InChI is InChI=1S/C21H30INO5/c1-26-13-28-20-17(12-22)15(8-9-18(20)27-2)19(24)16-10-11-23(21(16)25)14-6-4-3-5-7-14/h8-9,14,16,19,24H,3-7,10-13H2,1-2H3. The largest absolute Gasteiger partial charge is 0.493 e. The third-order valence-electron chi connectivity index (χ3n) is 5.93. The summed E-state index contributed by atoms with van der Waals surface area (Å²) in [5.74, 6) is 0.868. The molecule has 1 saturated heterocycles. The molecule has 1 aromatic rings. The lowest BCUT2D eigenvalue weighted by atomic mass is 9.90. The number of aliphatic hydroxyl groups is 1. The zero-order chi connectivity index (χ0) is 20.1. The Labute approximate surface area is 180 Å². The fourth-order valence-electron chi connectivity index (χ4n) is 4.46. The van der Waals surface area contributed by atoms with Gasteiger partial charge >= 0.3 is 0 Å². The quantitative estimate of drug-likeness (QED) is 0.332. The summed E-state index contributed by atoms with van der Waals surface area (Å²) in [6, 6.07) is 3.99. The van der Waals surface area contributed by atoms with Gasteiger partial charge in [0.25, 0.3) is 0 Å². The first-order valence-corrected chi connectivity index (χ1v) is 11.5. The van der Waals surface area contributed by atoms with Crippen LogP contribution < -0.4 is 9.47 Å². The fraction of sp³-hybridized carbons (Fsp3) is 0.667. The molecule has 2 atom stereocenters. The number of carbonyl (C=O) groups is 1. The van der Waals surface area contributed by atoms with Gasteiger partial charge in [0.1, 0.15) is 0 Å². The molecule has 1 aromatic carbocycles. The van der Waals surface area contributed by atoms with Crippen molar-refractivity contribution < 1.29 is 24.1 Å². The van der Waals surface area contributed by atoms with E-state index in [0.29, 0.717) is 28.4 Å². The molecular formula is C21H30INO5. The SMILES string of the molecule is COCOc1c(OC)ccc(C(O)C2CCN(C3CCCCC3)C2=O)c1CI. The Morgan fingerprint density at radius 1 is 1.21 bits per heavy atom. The van der Waals surface area contributed by atoms with Crippen molar-refractivity contribution in [3.63, 3.8) is 0 Å². The van der Waals surface area contributed by atoms with E-state index >= 15 is 0 Å². The lowest BCUT2D eigenvalue weighted by Crippen LogP contribution is -2.39. The molecule has 0 bridgehead atoms. The van der Waals surface area contributed by atoms with Crippen molar-refractivity contribution in [3.8, 4) is 11.5 Å². The number of likely N-dealkylation sites (tertiary alicyclic amines) is 1. The minimum atomic E-state index is -0.846.